The maximum absolute atomic E-state index is 11.3. The number of methoxy groups -OCH3 is 1. The van der Waals surface area contributed by atoms with Crippen molar-refractivity contribution in [2.45, 2.75) is 13.0 Å². The maximum Gasteiger partial charge on any atom is 0.355 e. The van der Waals surface area contributed by atoms with E-state index in [1.54, 1.807) is 4.90 Å². The Kier molecular flexibility index (Phi) is 6.55. The Balaban J connectivity index is 1.63. The van der Waals surface area contributed by atoms with Crippen LogP contribution in [0.3, 0.4) is 0 Å². The number of nitrogens with zero attached hydrogens (tertiary/aromatic N) is 5. The number of carboxylic acid groups (broad SMARTS) is 1. The third kappa shape index (κ3) is 4.67. The van der Waals surface area contributed by atoms with Crippen molar-refractivity contribution in [2.75, 3.05) is 30.5 Å². The molecule has 0 aliphatic rings. The molecule has 0 spiro atoms. The molecule has 0 saturated heterocycles. The molecule has 32 heavy (non-hydrogen) atoms. The highest BCUT2D eigenvalue weighted by Crippen LogP contribution is 2.31. The molecule has 166 valence electrons. The van der Waals surface area contributed by atoms with Gasteiger partial charge in [-0.1, -0.05) is 23.5 Å². The van der Waals surface area contributed by atoms with Crippen LogP contribution in [-0.4, -0.2) is 62.7 Å². The molecule has 3 N–H and O–H groups in total. The van der Waals surface area contributed by atoms with Crippen molar-refractivity contribution in [3.8, 4) is 0 Å². The largest absolute Gasteiger partial charge is 0.476 e. The van der Waals surface area contributed by atoms with E-state index in [2.05, 4.69) is 25.5 Å². The third-order valence-electron chi connectivity index (χ3n) is 4.63. The maximum atomic E-state index is 11.3. The number of aryl methyl sites for hydroxylation is 1. The zero-order valence-electron chi connectivity index (χ0n) is 17.2. The molecule has 4 rings (SSSR count). The van der Waals surface area contributed by atoms with E-state index in [-0.39, 0.29) is 18.8 Å². The smallest absolute Gasteiger partial charge is 0.355 e. The standard InChI is InChI=1S/C20H20N6O4S2/c1-11-7-16(24-25-17(11)23-19-21-13-5-3-4-6-15(13)32-19)26(8-12(9-27)30-2)20-22-14(10-31-20)18(28)29/h3-7,10,12,27H,8-9H2,1-2H3,(H,28,29)(H,21,23,25). The number of hydrogen-bond acceptors (Lipinski definition) is 11. The molecule has 0 saturated carbocycles. The molecule has 0 fully saturated rings. The Labute approximate surface area is 191 Å². The summed E-state index contributed by atoms with van der Waals surface area (Å²) in [6, 6.07) is 9.67. The Morgan fingerprint density at radius 1 is 1.28 bits per heavy atom. The van der Waals surface area contributed by atoms with Gasteiger partial charge in [-0.3, -0.25) is 4.90 Å². The summed E-state index contributed by atoms with van der Waals surface area (Å²) in [5.41, 5.74) is 1.65. The summed E-state index contributed by atoms with van der Waals surface area (Å²) in [4.78, 5) is 21.7. The Hall–Kier alpha value is -3.19. The van der Waals surface area contributed by atoms with Gasteiger partial charge in [0, 0.05) is 12.5 Å². The molecule has 4 aromatic rings. The van der Waals surface area contributed by atoms with Crippen LogP contribution in [0, 0.1) is 6.92 Å². The van der Waals surface area contributed by atoms with Crippen molar-refractivity contribution in [2.24, 2.45) is 0 Å². The van der Waals surface area contributed by atoms with Gasteiger partial charge in [-0.05, 0) is 30.7 Å². The van der Waals surface area contributed by atoms with Gasteiger partial charge in [-0.15, -0.1) is 21.5 Å². The molecular formula is C20H20N6O4S2. The molecular weight excluding hydrogens is 452 g/mol. The van der Waals surface area contributed by atoms with E-state index < -0.39 is 12.1 Å². The van der Waals surface area contributed by atoms with Gasteiger partial charge >= 0.3 is 5.97 Å². The number of thiazole rings is 2. The SMILES string of the molecule is COC(CO)CN(c1cc(C)c(Nc2nc3ccccc3s2)nn1)c1nc(C(=O)O)cs1. The summed E-state index contributed by atoms with van der Waals surface area (Å²) in [5, 5.41) is 33.2. The molecule has 3 aromatic heterocycles. The number of nitrogens with one attached hydrogen (secondary N) is 1. The number of para-hydroxylation sites is 1. The first kappa shape index (κ1) is 22.0. The lowest BCUT2D eigenvalue weighted by atomic mass is 10.3. The summed E-state index contributed by atoms with van der Waals surface area (Å²) < 4.78 is 6.36. The zero-order valence-corrected chi connectivity index (χ0v) is 18.9. The second kappa shape index (κ2) is 9.53. The van der Waals surface area contributed by atoms with E-state index in [0.717, 1.165) is 27.1 Å². The number of fused-ring (bicyclic) bond motifs is 1. The minimum absolute atomic E-state index is 0.0632. The molecule has 0 bridgehead atoms. The normalized spacial score (nSPS) is 12.1. The topological polar surface area (TPSA) is 134 Å². The molecule has 12 heteroatoms. The van der Waals surface area contributed by atoms with Crippen LogP contribution in [0.15, 0.2) is 35.7 Å². The fourth-order valence-electron chi connectivity index (χ4n) is 2.92. The number of benzene rings is 1. The van der Waals surface area contributed by atoms with E-state index in [9.17, 15) is 15.0 Å². The molecule has 0 aliphatic heterocycles. The van der Waals surface area contributed by atoms with Crippen molar-refractivity contribution in [1.82, 2.24) is 20.2 Å². The zero-order chi connectivity index (χ0) is 22.7. The number of rotatable bonds is 9. The minimum Gasteiger partial charge on any atom is -0.476 e. The fourth-order valence-corrected chi connectivity index (χ4v) is 4.60. The van der Waals surface area contributed by atoms with Crippen molar-refractivity contribution in [1.29, 1.82) is 0 Å². The summed E-state index contributed by atoms with van der Waals surface area (Å²) in [6.45, 7) is 1.89. The van der Waals surface area contributed by atoms with E-state index in [1.165, 1.54) is 23.8 Å². The number of aliphatic hydroxyl groups excluding tert-OH is 1. The van der Waals surface area contributed by atoms with Crippen LogP contribution in [0.1, 0.15) is 16.1 Å². The first-order valence-electron chi connectivity index (χ1n) is 9.55. The number of anilines is 4. The van der Waals surface area contributed by atoms with Crippen LogP contribution in [0.5, 0.6) is 0 Å². The number of carboxylic acids is 1. The molecule has 10 nitrogen and oxygen atoms in total. The molecule has 1 aromatic carbocycles. The van der Waals surface area contributed by atoms with Gasteiger partial charge in [0.05, 0.1) is 29.5 Å². The predicted molar refractivity (Wildman–Crippen MR) is 124 cm³/mol. The summed E-state index contributed by atoms with van der Waals surface area (Å²) in [6.07, 6.45) is -0.519. The van der Waals surface area contributed by atoms with Crippen LogP contribution >= 0.6 is 22.7 Å². The Bertz CT molecular complexity index is 1210. The third-order valence-corrected chi connectivity index (χ3v) is 6.45. The van der Waals surface area contributed by atoms with E-state index >= 15 is 0 Å². The monoisotopic (exact) mass is 472 g/mol. The van der Waals surface area contributed by atoms with Gasteiger partial charge in [-0.2, -0.15) is 0 Å². The van der Waals surface area contributed by atoms with Gasteiger partial charge in [0.15, 0.2) is 27.6 Å². The highest BCUT2D eigenvalue weighted by atomic mass is 32.1. The van der Waals surface area contributed by atoms with Crippen LogP contribution in [0.4, 0.5) is 21.9 Å². The first-order chi connectivity index (χ1) is 15.5. The summed E-state index contributed by atoms with van der Waals surface area (Å²) in [5.74, 6) is -0.0988. The van der Waals surface area contributed by atoms with Crippen molar-refractivity contribution >= 4 is 60.8 Å². The number of aromatic carboxylic acids is 1. The van der Waals surface area contributed by atoms with Crippen LogP contribution in [0.2, 0.25) is 0 Å². The van der Waals surface area contributed by atoms with Crippen molar-refractivity contribution < 1.29 is 19.7 Å². The molecule has 0 amide bonds. The van der Waals surface area contributed by atoms with Crippen LogP contribution in [0.25, 0.3) is 10.2 Å². The van der Waals surface area contributed by atoms with Gasteiger partial charge < -0.3 is 20.3 Å². The van der Waals surface area contributed by atoms with Crippen LogP contribution < -0.4 is 10.2 Å². The number of carbonyl (C=O) groups is 1. The highest BCUT2D eigenvalue weighted by Gasteiger charge is 2.22. The number of aromatic nitrogens is 4. The second-order valence-electron chi connectivity index (χ2n) is 6.82. The molecule has 1 atom stereocenters. The fraction of sp³-hybridized carbons (Fsp3) is 0.250. The van der Waals surface area contributed by atoms with Crippen molar-refractivity contribution in [3.05, 3.63) is 47.0 Å². The molecule has 1 unspecified atom stereocenters. The number of ether oxygens (including phenoxy) is 1. The summed E-state index contributed by atoms with van der Waals surface area (Å²) >= 11 is 2.68. The van der Waals surface area contributed by atoms with Crippen LogP contribution in [-0.2, 0) is 4.74 Å². The quantitative estimate of drug-likeness (QED) is 0.332. The Morgan fingerprint density at radius 2 is 2.09 bits per heavy atom. The minimum atomic E-state index is -1.12. The van der Waals surface area contributed by atoms with Gasteiger partial charge in [-0.25, -0.2) is 14.8 Å². The predicted octanol–water partition coefficient (Wildman–Crippen LogP) is 3.44. The highest BCUT2D eigenvalue weighted by molar-refractivity contribution is 7.22. The second-order valence-corrected chi connectivity index (χ2v) is 8.68. The van der Waals surface area contributed by atoms with Gasteiger partial charge in [0.1, 0.15) is 0 Å². The molecule has 3 heterocycles. The average molecular weight is 473 g/mol. The average Bonchev–Trinajstić information content (AvgIpc) is 3.43. The summed E-state index contributed by atoms with van der Waals surface area (Å²) in [7, 11) is 1.49. The van der Waals surface area contributed by atoms with E-state index in [1.807, 2.05) is 37.3 Å². The van der Waals surface area contributed by atoms with E-state index in [0.29, 0.717) is 21.9 Å². The Morgan fingerprint density at radius 3 is 2.75 bits per heavy atom. The first-order valence-corrected chi connectivity index (χ1v) is 11.2. The lowest BCUT2D eigenvalue weighted by Crippen LogP contribution is -2.33. The molecule has 0 radical (unpaired) electrons. The van der Waals surface area contributed by atoms with E-state index in [4.69, 9.17) is 4.74 Å². The van der Waals surface area contributed by atoms with Gasteiger partial charge in [0.25, 0.3) is 0 Å². The lowest BCUT2D eigenvalue weighted by Gasteiger charge is -2.24. The lowest BCUT2D eigenvalue weighted by molar-refractivity contribution is 0.0552. The number of hydrogen-bond donors (Lipinski definition) is 3. The number of aliphatic hydroxyl groups is 1. The molecule has 0 aliphatic carbocycles. The van der Waals surface area contributed by atoms with Gasteiger partial charge in [0.2, 0.25) is 0 Å². The van der Waals surface area contributed by atoms with Crippen molar-refractivity contribution in [3.63, 3.8) is 0 Å².